The summed E-state index contributed by atoms with van der Waals surface area (Å²) in [5.74, 6) is 0.278. The highest BCUT2D eigenvalue weighted by Crippen LogP contribution is 2.24. The van der Waals surface area contributed by atoms with Gasteiger partial charge in [0.1, 0.15) is 0 Å². The molecule has 4 nitrogen and oxygen atoms in total. The standard InChI is InChI=1S/C16H23N3O/c1-17-9-5-10-18(13-12-17)15-8-11-19(16(15)20)14-6-3-2-4-7-14/h2-4,6-7,15H,5,8-13H2,1H3. The number of likely N-dealkylation sites (N-methyl/N-ethyl adjacent to an activating group) is 1. The zero-order chi connectivity index (χ0) is 13.9. The molecule has 0 bridgehead atoms. The van der Waals surface area contributed by atoms with E-state index in [1.54, 1.807) is 0 Å². The molecule has 2 heterocycles. The molecular formula is C16H23N3O. The van der Waals surface area contributed by atoms with Crippen LogP contribution in [0.5, 0.6) is 0 Å². The molecule has 2 aliphatic rings. The monoisotopic (exact) mass is 273 g/mol. The van der Waals surface area contributed by atoms with Crippen molar-refractivity contribution >= 4 is 11.6 Å². The molecule has 2 aliphatic heterocycles. The van der Waals surface area contributed by atoms with Gasteiger partial charge in [-0.15, -0.1) is 0 Å². The van der Waals surface area contributed by atoms with E-state index in [0.717, 1.165) is 51.3 Å². The Kier molecular flexibility index (Phi) is 4.03. The fraction of sp³-hybridized carbons (Fsp3) is 0.562. The highest BCUT2D eigenvalue weighted by molar-refractivity contribution is 5.99. The highest BCUT2D eigenvalue weighted by atomic mass is 16.2. The van der Waals surface area contributed by atoms with E-state index < -0.39 is 0 Å². The summed E-state index contributed by atoms with van der Waals surface area (Å²) in [6.45, 7) is 5.10. The fourth-order valence-electron chi connectivity index (χ4n) is 3.25. The maximum absolute atomic E-state index is 12.7. The van der Waals surface area contributed by atoms with Crippen LogP contribution < -0.4 is 4.90 Å². The van der Waals surface area contributed by atoms with Crippen LogP contribution >= 0.6 is 0 Å². The number of carbonyl (C=O) groups is 1. The number of anilines is 1. The van der Waals surface area contributed by atoms with Crippen LogP contribution in [-0.2, 0) is 4.79 Å². The largest absolute Gasteiger partial charge is 0.311 e. The van der Waals surface area contributed by atoms with E-state index >= 15 is 0 Å². The molecule has 2 fully saturated rings. The average Bonchev–Trinajstić information content (AvgIpc) is 2.72. The first-order valence-corrected chi connectivity index (χ1v) is 7.55. The number of amides is 1. The maximum atomic E-state index is 12.7. The number of carbonyl (C=O) groups excluding carboxylic acids is 1. The van der Waals surface area contributed by atoms with E-state index in [1.807, 2.05) is 35.2 Å². The third-order valence-electron chi connectivity index (χ3n) is 4.44. The van der Waals surface area contributed by atoms with Crippen LogP contribution in [0.25, 0.3) is 0 Å². The molecule has 0 saturated carbocycles. The molecule has 1 amide bonds. The van der Waals surface area contributed by atoms with Gasteiger partial charge in [-0.3, -0.25) is 9.69 Å². The van der Waals surface area contributed by atoms with Gasteiger partial charge in [0.2, 0.25) is 5.91 Å². The molecule has 0 spiro atoms. The minimum absolute atomic E-state index is 0.0849. The molecule has 2 saturated heterocycles. The Morgan fingerprint density at radius 2 is 1.80 bits per heavy atom. The lowest BCUT2D eigenvalue weighted by atomic mass is 10.2. The van der Waals surface area contributed by atoms with Gasteiger partial charge in [-0.2, -0.15) is 0 Å². The minimum Gasteiger partial charge on any atom is -0.311 e. The predicted molar refractivity (Wildman–Crippen MR) is 80.9 cm³/mol. The molecule has 1 unspecified atom stereocenters. The van der Waals surface area contributed by atoms with Gasteiger partial charge < -0.3 is 9.80 Å². The highest BCUT2D eigenvalue weighted by Gasteiger charge is 2.36. The fourth-order valence-corrected chi connectivity index (χ4v) is 3.25. The average molecular weight is 273 g/mol. The van der Waals surface area contributed by atoms with Gasteiger partial charge in [-0.1, -0.05) is 18.2 Å². The Labute approximate surface area is 121 Å². The summed E-state index contributed by atoms with van der Waals surface area (Å²) in [6.07, 6.45) is 2.11. The topological polar surface area (TPSA) is 26.8 Å². The lowest BCUT2D eigenvalue weighted by molar-refractivity contribution is -0.121. The zero-order valence-electron chi connectivity index (χ0n) is 12.2. The van der Waals surface area contributed by atoms with Crippen LogP contribution in [-0.4, -0.2) is 61.5 Å². The quantitative estimate of drug-likeness (QED) is 0.815. The van der Waals surface area contributed by atoms with Gasteiger partial charge in [-0.05, 0) is 38.6 Å². The van der Waals surface area contributed by atoms with Crippen molar-refractivity contribution in [2.24, 2.45) is 0 Å². The molecule has 4 heteroatoms. The summed E-state index contributed by atoms with van der Waals surface area (Å²) < 4.78 is 0. The summed E-state index contributed by atoms with van der Waals surface area (Å²) in [5, 5.41) is 0. The molecule has 1 aromatic rings. The smallest absolute Gasteiger partial charge is 0.244 e. The zero-order valence-corrected chi connectivity index (χ0v) is 12.2. The second-order valence-corrected chi connectivity index (χ2v) is 5.82. The summed E-state index contributed by atoms with van der Waals surface area (Å²) in [7, 11) is 2.16. The Morgan fingerprint density at radius 3 is 2.60 bits per heavy atom. The third kappa shape index (κ3) is 2.72. The van der Waals surface area contributed by atoms with Crippen molar-refractivity contribution in [3.05, 3.63) is 30.3 Å². The van der Waals surface area contributed by atoms with Crippen LogP contribution in [0, 0.1) is 0 Å². The van der Waals surface area contributed by atoms with Crippen molar-refractivity contribution in [3.8, 4) is 0 Å². The van der Waals surface area contributed by atoms with Gasteiger partial charge in [0.25, 0.3) is 0 Å². The summed E-state index contributed by atoms with van der Waals surface area (Å²) in [5.41, 5.74) is 1.03. The van der Waals surface area contributed by atoms with Gasteiger partial charge in [-0.25, -0.2) is 0 Å². The second-order valence-electron chi connectivity index (χ2n) is 5.82. The van der Waals surface area contributed by atoms with Gasteiger partial charge >= 0.3 is 0 Å². The normalized spacial score (nSPS) is 25.9. The summed E-state index contributed by atoms with van der Waals surface area (Å²) in [6, 6.07) is 10.1. The molecule has 20 heavy (non-hydrogen) atoms. The third-order valence-corrected chi connectivity index (χ3v) is 4.44. The second kappa shape index (κ2) is 5.94. The maximum Gasteiger partial charge on any atom is 0.244 e. The lowest BCUT2D eigenvalue weighted by Gasteiger charge is -2.26. The minimum atomic E-state index is 0.0849. The van der Waals surface area contributed by atoms with Crippen LogP contribution in [0.15, 0.2) is 30.3 Å². The Balaban J connectivity index is 1.69. The first-order valence-electron chi connectivity index (χ1n) is 7.55. The van der Waals surface area contributed by atoms with Crippen LogP contribution in [0.1, 0.15) is 12.8 Å². The van der Waals surface area contributed by atoms with E-state index in [4.69, 9.17) is 0 Å². The van der Waals surface area contributed by atoms with Gasteiger partial charge in [0, 0.05) is 31.9 Å². The number of hydrogen-bond acceptors (Lipinski definition) is 3. The molecule has 1 atom stereocenters. The first kappa shape index (κ1) is 13.6. The van der Waals surface area contributed by atoms with Crippen molar-refractivity contribution < 1.29 is 4.79 Å². The van der Waals surface area contributed by atoms with Crippen molar-refractivity contribution in [2.75, 3.05) is 44.7 Å². The van der Waals surface area contributed by atoms with E-state index in [-0.39, 0.29) is 11.9 Å². The molecule has 0 N–H and O–H groups in total. The Hall–Kier alpha value is -1.39. The Bertz CT molecular complexity index is 462. The van der Waals surface area contributed by atoms with Crippen LogP contribution in [0.4, 0.5) is 5.69 Å². The number of rotatable bonds is 2. The number of hydrogen-bond donors (Lipinski definition) is 0. The number of para-hydroxylation sites is 1. The molecule has 1 aromatic carbocycles. The SMILES string of the molecule is CN1CCCN(C2CCN(c3ccccc3)C2=O)CC1. The van der Waals surface area contributed by atoms with E-state index in [0.29, 0.717) is 0 Å². The predicted octanol–water partition coefficient (Wildman–Crippen LogP) is 1.43. The van der Waals surface area contributed by atoms with Crippen molar-refractivity contribution in [1.29, 1.82) is 0 Å². The Morgan fingerprint density at radius 1 is 1.00 bits per heavy atom. The molecule has 3 rings (SSSR count). The molecule has 0 radical (unpaired) electrons. The lowest BCUT2D eigenvalue weighted by Crippen LogP contribution is -2.43. The van der Waals surface area contributed by atoms with E-state index in [2.05, 4.69) is 16.8 Å². The summed E-state index contributed by atoms with van der Waals surface area (Å²) in [4.78, 5) is 19.4. The number of nitrogens with zero attached hydrogens (tertiary/aromatic N) is 3. The first-order chi connectivity index (χ1) is 9.75. The van der Waals surface area contributed by atoms with Crippen LogP contribution in [0.3, 0.4) is 0 Å². The van der Waals surface area contributed by atoms with Gasteiger partial charge in [0.15, 0.2) is 0 Å². The van der Waals surface area contributed by atoms with E-state index in [9.17, 15) is 4.79 Å². The summed E-state index contributed by atoms with van der Waals surface area (Å²) >= 11 is 0. The van der Waals surface area contributed by atoms with Gasteiger partial charge in [0.05, 0.1) is 6.04 Å². The molecule has 0 aromatic heterocycles. The molecular weight excluding hydrogens is 250 g/mol. The number of benzene rings is 1. The van der Waals surface area contributed by atoms with Crippen LogP contribution in [0.2, 0.25) is 0 Å². The van der Waals surface area contributed by atoms with Crippen molar-refractivity contribution in [3.63, 3.8) is 0 Å². The van der Waals surface area contributed by atoms with Crippen molar-refractivity contribution in [1.82, 2.24) is 9.80 Å². The molecule has 0 aliphatic carbocycles. The van der Waals surface area contributed by atoms with E-state index in [1.165, 1.54) is 0 Å². The van der Waals surface area contributed by atoms with Crippen molar-refractivity contribution in [2.45, 2.75) is 18.9 Å². The molecule has 108 valence electrons.